The van der Waals surface area contributed by atoms with Gasteiger partial charge in [-0.3, -0.25) is 4.68 Å². The van der Waals surface area contributed by atoms with Crippen molar-refractivity contribution in [3.05, 3.63) is 6.20 Å². The second-order valence-corrected chi connectivity index (χ2v) is 7.84. The summed E-state index contributed by atoms with van der Waals surface area (Å²) in [5, 5.41) is 4.05. The third-order valence-corrected chi connectivity index (χ3v) is 5.86. The van der Waals surface area contributed by atoms with Crippen LogP contribution < -0.4 is 10.5 Å². The Morgan fingerprint density at radius 3 is 2.75 bits per heavy atom. The van der Waals surface area contributed by atoms with Gasteiger partial charge in [-0.2, -0.15) is 5.10 Å². The van der Waals surface area contributed by atoms with Crippen molar-refractivity contribution in [2.45, 2.75) is 50.5 Å². The quantitative estimate of drug-likeness (QED) is 0.795. The van der Waals surface area contributed by atoms with Gasteiger partial charge >= 0.3 is 0 Å². The zero-order chi connectivity index (χ0) is 14.4. The molecule has 7 heteroatoms. The van der Waals surface area contributed by atoms with Crippen LogP contribution in [0.4, 0.5) is 5.82 Å². The molecule has 0 saturated heterocycles. The van der Waals surface area contributed by atoms with E-state index in [0.717, 1.165) is 25.2 Å². The highest BCUT2D eigenvalue weighted by molar-refractivity contribution is 7.89. The van der Waals surface area contributed by atoms with Crippen molar-refractivity contribution in [1.29, 1.82) is 0 Å². The van der Waals surface area contributed by atoms with Crippen LogP contribution in [0.5, 0.6) is 0 Å². The maximum absolute atomic E-state index is 12.3. The summed E-state index contributed by atoms with van der Waals surface area (Å²) in [5.74, 6) is 0.813. The van der Waals surface area contributed by atoms with Gasteiger partial charge in [0.05, 0.1) is 0 Å². The van der Waals surface area contributed by atoms with Crippen LogP contribution in [0.3, 0.4) is 0 Å². The highest BCUT2D eigenvalue weighted by Crippen LogP contribution is 2.60. The molecule has 0 amide bonds. The maximum Gasteiger partial charge on any atom is 0.245 e. The number of sulfonamides is 1. The van der Waals surface area contributed by atoms with Crippen LogP contribution in [-0.4, -0.2) is 24.7 Å². The van der Waals surface area contributed by atoms with Gasteiger partial charge in [-0.1, -0.05) is 6.92 Å². The monoisotopic (exact) mass is 298 g/mol. The van der Waals surface area contributed by atoms with E-state index >= 15 is 0 Å². The van der Waals surface area contributed by atoms with Crippen molar-refractivity contribution >= 4 is 15.8 Å². The lowest BCUT2D eigenvalue weighted by Crippen LogP contribution is -2.31. The lowest BCUT2D eigenvalue weighted by Gasteiger charge is -2.14. The average Bonchev–Trinajstić information content (AvgIpc) is 3.26. The van der Waals surface area contributed by atoms with Crippen molar-refractivity contribution in [3.8, 4) is 0 Å². The molecule has 0 bridgehead atoms. The van der Waals surface area contributed by atoms with E-state index in [-0.39, 0.29) is 16.1 Å². The molecule has 0 spiro atoms. The number of hydrogen-bond donors (Lipinski definition) is 2. The average molecular weight is 298 g/mol. The Bertz CT molecular complexity index is 600. The molecular weight excluding hydrogens is 276 g/mol. The van der Waals surface area contributed by atoms with Crippen LogP contribution in [0.25, 0.3) is 0 Å². The molecule has 2 fully saturated rings. The Morgan fingerprint density at radius 1 is 1.50 bits per heavy atom. The van der Waals surface area contributed by atoms with Crippen molar-refractivity contribution in [2.75, 3.05) is 12.3 Å². The summed E-state index contributed by atoms with van der Waals surface area (Å²) < 4.78 is 29.0. The topological polar surface area (TPSA) is 90.0 Å². The van der Waals surface area contributed by atoms with Gasteiger partial charge in [-0.05, 0) is 43.4 Å². The van der Waals surface area contributed by atoms with Gasteiger partial charge < -0.3 is 5.73 Å². The molecule has 6 nitrogen and oxygen atoms in total. The van der Waals surface area contributed by atoms with Crippen LogP contribution in [0.15, 0.2) is 11.1 Å². The zero-order valence-corrected chi connectivity index (χ0v) is 12.6. The predicted molar refractivity (Wildman–Crippen MR) is 76.5 cm³/mol. The molecule has 0 aromatic carbocycles. The molecule has 1 aromatic rings. The summed E-state index contributed by atoms with van der Waals surface area (Å²) in [6.45, 7) is 3.22. The van der Waals surface area contributed by atoms with E-state index in [1.807, 2.05) is 6.92 Å². The molecule has 0 radical (unpaired) electrons. The molecule has 1 aromatic heterocycles. The van der Waals surface area contributed by atoms with Crippen molar-refractivity contribution in [3.63, 3.8) is 0 Å². The van der Waals surface area contributed by atoms with E-state index in [2.05, 4.69) is 9.82 Å². The third-order valence-electron chi connectivity index (χ3n) is 4.45. The van der Waals surface area contributed by atoms with Crippen molar-refractivity contribution < 1.29 is 8.42 Å². The normalized spacial score (nSPS) is 21.1. The Hall–Kier alpha value is -1.08. The number of aryl methyl sites for hydroxylation is 1. The molecule has 3 rings (SSSR count). The van der Waals surface area contributed by atoms with E-state index in [0.29, 0.717) is 13.1 Å². The Kier molecular flexibility index (Phi) is 3.29. The van der Waals surface area contributed by atoms with Crippen LogP contribution in [0.1, 0.15) is 39.0 Å². The highest BCUT2D eigenvalue weighted by atomic mass is 32.2. The van der Waals surface area contributed by atoms with Gasteiger partial charge in [0.1, 0.15) is 4.90 Å². The van der Waals surface area contributed by atoms with E-state index in [9.17, 15) is 8.42 Å². The number of aromatic nitrogens is 2. The first kappa shape index (κ1) is 13.9. The number of nitrogens with one attached hydrogen (secondary N) is 1. The first-order chi connectivity index (χ1) is 9.47. The number of hydrogen-bond acceptors (Lipinski definition) is 4. The SMILES string of the molecule is CCCn1cc(S(=O)(=O)NCC2(C3CC3)CC2)c(N)n1. The standard InChI is InChI=1S/C13H22N4O2S/c1-2-7-17-8-11(12(14)16-17)20(18,19)15-9-13(5-6-13)10-3-4-10/h8,10,15H,2-7,9H2,1H3,(H2,14,16). The second kappa shape index (κ2) is 4.73. The molecule has 20 heavy (non-hydrogen) atoms. The van der Waals surface area contributed by atoms with Gasteiger partial charge in [-0.25, -0.2) is 13.1 Å². The molecule has 3 N–H and O–H groups in total. The fourth-order valence-electron chi connectivity index (χ4n) is 2.87. The molecule has 1 heterocycles. The minimum Gasteiger partial charge on any atom is -0.381 e. The van der Waals surface area contributed by atoms with Crippen LogP contribution in [0.2, 0.25) is 0 Å². The van der Waals surface area contributed by atoms with Crippen LogP contribution in [-0.2, 0) is 16.6 Å². The first-order valence-electron chi connectivity index (χ1n) is 7.29. The Labute approximate surface area is 119 Å². The van der Waals surface area contributed by atoms with Gasteiger partial charge in [-0.15, -0.1) is 0 Å². The van der Waals surface area contributed by atoms with Crippen LogP contribution >= 0.6 is 0 Å². The fourth-order valence-corrected chi connectivity index (χ4v) is 4.08. The van der Waals surface area contributed by atoms with E-state index in [1.54, 1.807) is 4.68 Å². The predicted octanol–water partition coefficient (Wildman–Crippen LogP) is 1.34. The molecule has 2 saturated carbocycles. The van der Waals surface area contributed by atoms with Gasteiger partial charge in [0.25, 0.3) is 0 Å². The largest absolute Gasteiger partial charge is 0.381 e. The highest BCUT2D eigenvalue weighted by Gasteiger charge is 2.53. The van der Waals surface area contributed by atoms with Gasteiger partial charge in [0.2, 0.25) is 10.0 Å². The van der Waals surface area contributed by atoms with E-state index in [4.69, 9.17) is 5.73 Å². The number of nitrogens with two attached hydrogens (primary N) is 1. The summed E-state index contributed by atoms with van der Waals surface area (Å²) in [7, 11) is -3.55. The number of nitrogens with zero attached hydrogens (tertiary/aromatic N) is 2. The van der Waals surface area contributed by atoms with E-state index < -0.39 is 10.0 Å². The molecule has 2 aliphatic carbocycles. The Balaban J connectivity index is 1.71. The van der Waals surface area contributed by atoms with Crippen molar-refractivity contribution in [2.24, 2.45) is 11.3 Å². The summed E-state index contributed by atoms with van der Waals surface area (Å²) in [6, 6.07) is 0. The summed E-state index contributed by atoms with van der Waals surface area (Å²) in [5.41, 5.74) is 5.97. The number of nitrogen functional groups attached to an aromatic ring is 1. The summed E-state index contributed by atoms with van der Waals surface area (Å²) >= 11 is 0. The minimum atomic E-state index is -3.55. The molecule has 0 unspecified atom stereocenters. The molecular formula is C13H22N4O2S. The maximum atomic E-state index is 12.3. The van der Waals surface area contributed by atoms with E-state index in [1.165, 1.54) is 19.0 Å². The zero-order valence-electron chi connectivity index (χ0n) is 11.8. The molecule has 0 aliphatic heterocycles. The first-order valence-corrected chi connectivity index (χ1v) is 8.78. The third kappa shape index (κ3) is 2.56. The summed E-state index contributed by atoms with van der Waals surface area (Å²) in [4.78, 5) is 0.109. The fraction of sp³-hybridized carbons (Fsp3) is 0.769. The summed E-state index contributed by atoms with van der Waals surface area (Å²) in [6.07, 6.45) is 7.20. The lowest BCUT2D eigenvalue weighted by molar-refractivity contribution is 0.432. The number of rotatable bonds is 7. The smallest absolute Gasteiger partial charge is 0.245 e. The van der Waals surface area contributed by atoms with Crippen LogP contribution in [0, 0.1) is 11.3 Å². The van der Waals surface area contributed by atoms with Crippen molar-refractivity contribution in [1.82, 2.24) is 14.5 Å². The number of anilines is 1. The molecule has 2 aliphatic rings. The minimum absolute atomic E-state index is 0.0854. The molecule has 112 valence electrons. The second-order valence-electron chi connectivity index (χ2n) is 6.10. The Morgan fingerprint density at radius 2 is 2.20 bits per heavy atom. The van der Waals surface area contributed by atoms with Gasteiger partial charge in [0.15, 0.2) is 5.82 Å². The lowest BCUT2D eigenvalue weighted by atomic mass is 10.0. The van der Waals surface area contributed by atoms with Gasteiger partial charge in [0, 0.05) is 19.3 Å². The molecule has 0 atom stereocenters.